The first kappa shape index (κ1) is 17.0. The zero-order chi connectivity index (χ0) is 17.0. The molecule has 6 heteroatoms. The highest BCUT2D eigenvalue weighted by Gasteiger charge is 2.32. The molecule has 1 aliphatic rings. The lowest BCUT2D eigenvalue weighted by atomic mass is 9.94. The monoisotopic (exact) mass is 317 g/mol. The summed E-state index contributed by atoms with van der Waals surface area (Å²) in [5, 5.41) is 0. The second kappa shape index (κ2) is 7.26. The summed E-state index contributed by atoms with van der Waals surface area (Å²) >= 11 is 0. The Morgan fingerprint density at radius 1 is 1.00 bits per heavy atom. The van der Waals surface area contributed by atoms with Crippen molar-refractivity contribution in [3.63, 3.8) is 0 Å². The van der Waals surface area contributed by atoms with Gasteiger partial charge in [-0.3, -0.25) is 14.4 Å². The van der Waals surface area contributed by atoms with Gasteiger partial charge in [-0.25, -0.2) is 4.90 Å². The molecule has 1 saturated carbocycles. The number of carbonyl (C=O) groups excluding carboxylic acids is 3. The number of benzene rings is 1. The predicted molar refractivity (Wildman–Crippen MR) is 88.7 cm³/mol. The summed E-state index contributed by atoms with van der Waals surface area (Å²) in [6.07, 6.45) is 5.09. The topological polar surface area (TPSA) is 83.7 Å². The molecule has 0 aliphatic heterocycles. The quantitative estimate of drug-likeness (QED) is 0.667. The van der Waals surface area contributed by atoms with Gasteiger partial charge in [-0.1, -0.05) is 19.3 Å². The molecule has 2 N–H and O–H groups in total. The third kappa shape index (κ3) is 3.88. The van der Waals surface area contributed by atoms with Gasteiger partial charge in [0, 0.05) is 25.7 Å². The van der Waals surface area contributed by atoms with Crippen molar-refractivity contribution < 1.29 is 14.4 Å². The average molecular weight is 317 g/mol. The lowest BCUT2D eigenvalue weighted by Gasteiger charge is -2.31. The van der Waals surface area contributed by atoms with E-state index in [1.807, 2.05) is 0 Å². The maximum Gasteiger partial charge on any atom is 0.323 e. The lowest BCUT2D eigenvalue weighted by Crippen LogP contribution is -2.49. The molecule has 0 heterocycles. The Bertz CT molecular complexity index is 592. The first-order chi connectivity index (χ1) is 10.9. The summed E-state index contributed by atoms with van der Waals surface area (Å²) in [4.78, 5) is 39.3. The number of carbonyl (C=O) groups is 3. The van der Waals surface area contributed by atoms with E-state index < -0.39 is 17.7 Å². The van der Waals surface area contributed by atoms with Crippen molar-refractivity contribution >= 4 is 29.1 Å². The van der Waals surface area contributed by atoms with Crippen LogP contribution < -0.4 is 10.6 Å². The molecule has 0 radical (unpaired) electrons. The highest BCUT2D eigenvalue weighted by Crippen LogP contribution is 2.23. The highest BCUT2D eigenvalue weighted by molar-refractivity contribution is 6.45. The van der Waals surface area contributed by atoms with Gasteiger partial charge in [0.15, 0.2) is 0 Å². The Balaban J connectivity index is 2.18. The van der Waals surface area contributed by atoms with E-state index in [0.717, 1.165) is 37.0 Å². The zero-order valence-corrected chi connectivity index (χ0v) is 13.6. The van der Waals surface area contributed by atoms with Gasteiger partial charge in [-0.2, -0.15) is 0 Å². The molecule has 0 bridgehead atoms. The fourth-order valence-electron chi connectivity index (χ4n) is 2.95. The Labute approximate surface area is 136 Å². The van der Waals surface area contributed by atoms with E-state index in [0.29, 0.717) is 11.4 Å². The van der Waals surface area contributed by atoms with Crippen LogP contribution in [0.1, 0.15) is 39.0 Å². The molecule has 0 spiro atoms. The van der Waals surface area contributed by atoms with Gasteiger partial charge in [-0.05, 0) is 37.1 Å². The van der Waals surface area contributed by atoms with Crippen molar-refractivity contribution in [2.24, 2.45) is 0 Å². The standard InChI is InChI=1S/C17H23N3O3/c1-12(21)20(15-10-8-13(18)9-11-15)17(23)16(22)19(2)14-6-4-3-5-7-14/h8-11,14H,3-7,18H2,1-2H3. The van der Waals surface area contributed by atoms with Gasteiger partial charge in [0.05, 0.1) is 5.69 Å². The smallest absolute Gasteiger partial charge is 0.323 e. The van der Waals surface area contributed by atoms with Crippen LogP contribution in [-0.2, 0) is 14.4 Å². The normalized spacial score (nSPS) is 15.0. The molecule has 0 saturated heterocycles. The third-order valence-corrected chi connectivity index (χ3v) is 4.29. The van der Waals surface area contributed by atoms with Gasteiger partial charge in [-0.15, -0.1) is 0 Å². The minimum Gasteiger partial charge on any atom is -0.399 e. The Morgan fingerprint density at radius 2 is 1.57 bits per heavy atom. The molecule has 6 nitrogen and oxygen atoms in total. The van der Waals surface area contributed by atoms with E-state index in [9.17, 15) is 14.4 Å². The van der Waals surface area contributed by atoms with Crippen LogP contribution in [0.5, 0.6) is 0 Å². The Kier molecular flexibility index (Phi) is 5.36. The summed E-state index contributed by atoms with van der Waals surface area (Å²) in [7, 11) is 1.64. The molecular weight excluding hydrogens is 294 g/mol. The zero-order valence-electron chi connectivity index (χ0n) is 13.6. The summed E-state index contributed by atoms with van der Waals surface area (Å²) in [5.41, 5.74) is 6.49. The van der Waals surface area contributed by atoms with Crippen molar-refractivity contribution in [3.8, 4) is 0 Å². The molecule has 2 rings (SSSR count). The van der Waals surface area contributed by atoms with Crippen molar-refractivity contribution in [1.29, 1.82) is 0 Å². The Morgan fingerprint density at radius 3 is 2.09 bits per heavy atom. The van der Waals surface area contributed by atoms with E-state index in [4.69, 9.17) is 5.73 Å². The van der Waals surface area contributed by atoms with Crippen LogP contribution in [0.15, 0.2) is 24.3 Å². The second-order valence-electron chi connectivity index (χ2n) is 5.96. The van der Waals surface area contributed by atoms with E-state index in [1.54, 1.807) is 31.3 Å². The first-order valence-electron chi connectivity index (χ1n) is 7.89. The molecule has 0 atom stereocenters. The molecule has 1 aliphatic carbocycles. The minimum absolute atomic E-state index is 0.0698. The van der Waals surface area contributed by atoms with Crippen molar-refractivity contribution in [2.75, 3.05) is 17.7 Å². The largest absolute Gasteiger partial charge is 0.399 e. The molecule has 1 aromatic carbocycles. The average Bonchev–Trinajstić information content (AvgIpc) is 2.56. The molecule has 23 heavy (non-hydrogen) atoms. The van der Waals surface area contributed by atoms with Crippen LogP contribution in [0.2, 0.25) is 0 Å². The second-order valence-corrected chi connectivity index (χ2v) is 5.96. The summed E-state index contributed by atoms with van der Waals surface area (Å²) in [6.45, 7) is 1.27. The summed E-state index contributed by atoms with van der Waals surface area (Å²) in [5.74, 6) is -1.97. The van der Waals surface area contributed by atoms with Gasteiger partial charge >= 0.3 is 11.8 Å². The highest BCUT2D eigenvalue weighted by atomic mass is 16.2. The minimum atomic E-state index is -0.824. The molecule has 124 valence electrons. The van der Waals surface area contributed by atoms with E-state index in [1.165, 1.54) is 11.8 Å². The van der Waals surface area contributed by atoms with Crippen LogP contribution in [0.25, 0.3) is 0 Å². The first-order valence-corrected chi connectivity index (χ1v) is 7.89. The van der Waals surface area contributed by atoms with Crippen molar-refractivity contribution in [2.45, 2.75) is 45.1 Å². The van der Waals surface area contributed by atoms with Crippen molar-refractivity contribution in [3.05, 3.63) is 24.3 Å². The number of hydrogen-bond donors (Lipinski definition) is 1. The lowest BCUT2D eigenvalue weighted by molar-refractivity contribution is -0.146. The van der Waals surface area contributed by atoms with Crippen LogP contribution in [-0.4, -0.2) is 35.7 Å². The van der Waals surface area contributed by atoms with Gasteiger partial charge < -0.3 is 10.6 Å². The summed E-state index contributed by atoms with van der Waals surface area (Å²) in [6, 6.07) is 6.37. The van der Waals surface area contributed by atoms with Crippen LogP contribution in [0.4, 0.5) is 11.4 Å². The van der Waals surface area contributed by atoms with Crippen molar-refractivity contribution in [1.82, 2.24) is 4.90 Å². The summed E-state index contributed by atoms with van der Waals surface area (Å²) < 4.78 is 0. The maximum atomic E-state index is 12.5. The molecule has 1 aromatic rings. The number of nitrogens with zero attached hydrogens (tertiary/aromatic N) is 2. The molecule has 0 unspecified atom stereocenters. The van der Waals surface area contributed by atoms with Gasteiger partial charge in [0.25, 0.3) is 0 Å². The van der Waals surface area contributed by atoms with E-state index >= 15 is 0 Å². The van der Waals surface area contributed by atoms with Crippen LogP contribution >= 0.6 is 0 Å². The fourth-order valence-corrected chi connectivity index (χ4v) is 2.95. The molecular formula is C17H23N3O3. The van der Waals surface area contributed by atoms with Crippen LogP contribution in [0, 0.1) is 0 Å². The number of anilines is 2. The molecule has 1 fully saturated rings. The van der Waals surface area contributed by atoms with E-state index in [2.05, 4.69) is 0 Å². The van der Waals surface area contributed by atoms with E-state index in [-0.39, 0.29) is 6.04 Å². The number of likely N-dealkylation sites (N-methyl/N-ethyl adjacent to an activating group) is 1. The number of nitrogens with two attached hydrogens (primary N) is 1. The predicted octanol–water partition coefficient (Wildman–Crippen LogP) is 1.94. The number of hydrogen-bond acceptors (Lipinski definition) is 4. The molecule has 3 amide bonds. The third-order valence-electron chi connectivity index (χ3n) is 4.29. The SMILES string of the molecule is CC(=O)N(C(=O)C(=O)N(C)C1CCCCC1)c1ccc(N)cc1. The van der Waals surface area contributed by atoms with Gasteiger partial charge in [0.2, 0.25) is 5.91 Å². The van der Waals surface area contributed by atoms with Gasteiger partial charge in [0.1, 0.15) is 0 Å². The number of imide groups is 1. The Hall–Kier alpha value is -2.37. The number of rotatable bonds is 2. The maximum absolute atomic E-state index is 12.5. The number of nitrogen functional groups attached to an aromatic ring is 1. The number of amides is 3. The van der Waals surface area contributed by atoms with Crippen LogP contribution in [0.3, 0.4) is 0 Å². The molecule has 0 aromatic heterocycles. The fraction of sp³-hybridized carbons (Fsp3) is 0.471.